The van der Waals surface area contributed by atoms with Gasteiger partial charge in [0.05, 0.1) is 24.6 Å². The van der Waals surface area contributed by atoms with Gasteiger partial charge in [0.2, 0.25) is 11.9 Å². The first-order valence-corrected chi connectivity index (χ1v) is 14.0. The lowest BCUT2D eigenvalue weighted by Gasteiger charge is -2.36. The van der Waals surface area contributed by atoms with Gasteiger partial charge < -0.3 is 35.4 Å². The number of carbonyl (C=O) groups is 3. The predicted molar refractivity (Wildman–Crippen MR) is 163 cm³/mol. The standard InChI is InChI=1S/C30H36N8O4/c1-20-19-31-29(33-25-8-9-27(26(18-25)32-22(3)40)36-14-16-42-17-15-36)35-28(20)37-10-12-38(13-11-37)30(41)34-24-6-4-23(5-7-24)21(2)39/h4-9,18-19H,10-17H2,1-3H3,(H,32,40)(H,34,41)(H,31,33,35). The second-order valence-corrected chi connectivity index (χ2v) is 10.4. The Bertz CT molecular complexity index is 1450. The van der Waals surface area contributed by atoms with E-state index in [2.05, 4.69) is 30.7 Å². The van der Waals surface area contributed by atoms with Crippen LogP contribution < -0.4 is 25.8 Å². The third-order valence-corrected chi connectivity index (χ3v) is 7.27. The first kappa shape index (κ1) is 28.8. The molecule has 2 aliphatic heterocycles. The highest BCUT2D eigenvalue weighted by Gasteiger charge is 2.24. The second kappa shape index (κ2) is 12.9. The summed E-state index contributed by atoms with van der Waals surface area (Å²) >= 11 is 0. The second-order valence-electron chi connectivity index (χ2n) is 10.4. The van der Waals surface area contributed by atoms with Crippen molar-refractivity contribution in [3.63, 3.8) is 0 Å². The largest absolute Gasteiger partial charge is 0.378 e. The number of piperazine rings is 1. The van der Waals surface area contributed by atoms with E-state index in [0.29, 0.717) is 62.3 Å². The van der Waals surface area contributed by atoms with E-state index in [0.717, 1.165) is 35.8 Å². The molecule has 12 nitrogen and oxygen atoms in total. The number of ether oxygens (including phenoxy) is 1. The van der Waals surface area contributed by atoms with E-state index in [4.69, 9.17) is 9.72 Å². The molecule has 5 rings (SSSR count). The van der Waals surface area contributed by atoms with Crippen LogP contribution in [0.15, 0.2) is 48.7 Å². The van der Waals surface area contributed by atoms with Gasteiger partial charge in [-0.05, 0) is 56.3 Å². The molecular weight excluding hydrogens is 536 g/mol. The number of carbonyl (C=O) groups excluding carboxylic acids is 3. The molecule has 2 aliphatic rings. The maximum Gasteiger partial charge on any atom is 0.321 e. The molecule has 3 aromatic rings. The van der Waals surface area contributed by atoms with Gasteiger partial charge in [0, 0.05) is 74.9 Å². The van der Waals surface area contributed by atoms with Gasteiger partial charge in [-0.25, -0.2) is 9.78 Å². The Morgan fingerprint density at radius 3 is 2.19 bits per heavy atom. The number of hydrogen-bond acceptors (Lipinski definition) is 9. The van der Waals surface area contributed by atoms with Crippen molar-refractivity contribution in [3.05, 3.63) is 59.8 Å². The predicted octanol–water partition coefficient (Wildman–Crippen LogP) is 3.88. The number of benzene rings is 2. The van der Waals surface area contributed by atoms with Crippen molar-refractivity contribution in [2.75, 3.05) is 78.2 Å². The molecule has 0 radical (unpaired) electrons. The van der Waals surface area contributed by atoms with Gasteiger partial charge in [-0.1, -0.05) is 0 Å². The van der Waals surface area contributed by atoms with Crippen molar-refractivity contribution < 1.29 is 19.1 Å². The van der Waals surface area contributed by atoms with Crippen molar-refractivity contribution in [1.29, 1.82) is 0 Å². The monoisotopic (exact) mass is 572 g/mol. The molecule has 0 aliphatic carbocycles. The number of urea groups is 1. The van der Waals surface area contributed by atoms with E-state index < -0.39 is 0 Å². The van der Waals surface area contributed by atoms with Gasteiger partial charge in [-0.15, -0.1) is 0 Å². The summed E-state index contributed by atoms with van der Waals surface area (Å²) in [6.07, 6.45) is 1.78. The lowest BCUT2D eigenvalue weighted by atomic mass is 10.1. The number of anilines is 6. The number of hydrogen-bond donors (Lipinski definition) is 3. The number of rotatable bonds is 7. The molecule has 12 heteroatoms. The number of nitrogens with one attached hydrogen (secondary N) is 3. The molecule has 0 bridgehead atoms. The van der Waals surface area contributed by atoms with Crippen LogP contribution in [-0.4, -0.2) is 85.1 Å². The van der Waals surface area contributed by atoms with Crippen molar-refractivity contribution in [1.82, 2.24) is 14.9 Å². The maximum atomic E-state index is 12.8. The SMILES string of the molecule is CC(=O)Nc1cc(Nc2ncc(C)c(N3CCN(C(=O)Nc4ccc(C(C)=O)cc4)CC3)n2)ccc1N1CCOCC1. The Balaban J connectivity index is 1.23. The van der Waals surface area contributed by atoms with Gasteiger partial charge in [-0.3, -0.25) is 9.59 Å². The molecule has 220 valence electrons. The molecule has 3 heterocycles. The highest BCUT2D eigenvalue weighted by molar-refractivity contribution is 5.95. The smallest absolute Gasteiger partial charge is 0.321 e. The number of morpholine rings is 1. The van der Waals surface area contributed by atoms with E-state index >= 15 is 0 Å². The van der Waals surface area contributed by atoms with Crippen LogP contribution in [0.1, 0.15) is 29.8 Å². The van der Waals surface area contributed by atoms with E-state index in [1.54, 1.807) is 35.4 Å². The fourth-order valence-electron chi connectivity index (χ4n) is 5.04. The zero-order valence-corrected chi connectivity index (χ0v) is 24.1. The Hall–Kier alpha value is -4.71. The minimum atomic E-state index is -0.178. The summed E-state index contributed by atoms with van der Waals surface area (Å²) in [5.74, 6) is 1.09. The molecule has 0 unspecified atom stereocenters. The van der Waals surface area contributed by atoms with Crippen LogP contribution in [0, 0.1) is 6.92 Å². The van der Waals surface area contributed by atoms with E-state index in [1.807, 2.05) is 25.1 Å². The van der Waals surface area contributed by atoms with Crippen LogP contribution in [0.2, 0.25) is 0 Å². The first-order valence-electron chi connectivity index (χ1n) is 14.0. The van der Waals surface area contributed by atoms with Crippen LogP contribution in [-0.2, 0) is 9.53 Å². The van der Waals surface area contributed by atoms with Gasteiger partial charge >= 0.3 is 6.03 Å². The lowest BCUT2D eigenvalue weighted by molar-refractivity contribution is -0.114. The molecule has 2 aromatic carbocycles. The van der Waals surface area contributed by atoms with Gasteiger partial charge in [0.15, 0.2) is 5.78 Å². The summed E-state index contributed by atoms with van der Waals surface area (Å²) < 4.78 is 5.47. The van der Waals surface area contributed by atoms with Gasteiger partial charge in [-0.2, -0.15) is 4.98 Å². The van der Waals surface area contributed by atoms with Crippen LogP contribution in [0.5, 0.6) is 0 Å². The topological polar surface area (TPSA) is 132 Å². The number of nitrogens with zero attached hydrogens (tertiary/aromatic N) is 5. The average molecular weight is 573 g/mol. The Labute approximate surface area is 245 Å². The van der Waals surface area contributed by atoms with E-state index in [9.17, 15) is 14.4 Å². The molecule has 42 heavy (non-hydrogen) atoms. The quantitative estimate of drug-likeness (QED) is 0.361. The number of ketones is 1. The highest BCUT2D eigenvalue weighted by Crippen LogP contribution is 2.31. The molecule has 2 fully saturated rings. The summed E-state index contributed by atoms with van der Waals surface area (Å²) in [6, 6.07) is 12.5. The molecule has 0 saturated carbocycles. The average Bonchev–Trinajstić information content (AvgIpc) is 2.99. The molecular formula is C30H36N8O4. The fourth-order valence-corrected chi connectivity index (χ4v) is 5.04. The summed E-state index contributed by atoms with van der Waals surface area (Å²) in [4.78, 5) is 51.6. The van der Waals surface area contributed by atoms with Crippen molar-refractivity contribution in [3.8, 4) is 0 Å². The van der Waals surface area contributed by atoms with E-state index in [1.165, 1.54) is 13.8 Å². The first-order chi connectivity index (χ1) is 20.3. The fraction of sp³-hybridized carbons (Fsp3) is 0.367. The Kier molecular flexibility index (Phi) is 8.82. The lowest BCUT2D eigenvalue weighted by Crippen LogP contribution is -2.50. The molecule has 3 N–H and O–H groups in total. The molecule has 3 amide bonds. The summed E-state index contributed by atoms with van der Waals surface area (Å²) in [5.41, 5.74) is 4.60. The van der Waals surface area contributed by atoms with Crippen molar-refractivity contribution >= 4 is 52.2 Å². The summed E-state index contributed by atoms with van der Waals surface area (Å²) in [7, 11) is 0. The third kappa shape index (κ3) is 6.95. The van der Waals surface area contributed by atoms with E-state index in [-0.39, 0.29) is 17.7 Å². The zero-order valence-electron chi connectivity index (χ0n) is 24.1. The Morgan fingerprint density at radius 1 is 0.833 bits per heavy atom. The minimum Gasteiger partial charge on any atom is -0.378 e. The summed E-state index contributed by atoms with van der Waals surface area (Å²) in [6.45, 7) is 10.1. The van der Waals surface area contributed by atoms with Crippen LogP contribution in [0.3, 0.4) is 0 Å². The highest BCUT2D eigenvalue weighted by atomic mass is 16.5. The van der Waals surface area contributed by atoms with Crippen LogP contribution in [0.25, 0.3) is 0 Å². The normalized spacial score (nSPS) is 15.3. The molecule has 1 aromatic heterocycles. The summed E-state index contributed by atoms with van der Waals surface area (Å²) in [5, 5.41) is 9.13. The zero-order chi connectivity index (χ0) is 29.6. The Morgan fingerprint density at radius 2 is 1.52 bits per heavy atom. The number of aryl methyl sites for hydroxylation is 1. The van der Waals surface area contributed by atoms with Crippen LogP contribution >= 0.6 is 0 Å². The molecule has 0 spiro atoms. The van der Waals surface area contributed by atoms with Crippen LogP contribution in [0.4, 0.5) is 39.3 Å². The minimum absolute atomic E-state index is 0.0150. The number of aromatic nitrogens is 2. The number of Topliss-reactive ketones (excluding diaryl/α,β-unsaturated/α-hetero) is 1. The molecule has 2 saturated heterocycles. The number of amides is 3. The van der Waals surface area contributed by atoms with Gasteiger partial charge in [0.25, 0.3) is 0 Å². The maximum absolute atomic E-state index is 12.8. The third-order valence-electron chi connectivity index (χ3n) is 7.27. The van der Waals surface area contributed by atoms with Crippen molar-refractivity contribution in [2.24, 2.45) is 0 Å². The molecule has 0 atom stereocenters. The van der Waals surface area contributed by atoms with Crippen molar-refractivity contribution in [2.45, 2.75) is 20.8 Å². The van der Waals surface area contributed by atoms with Gasteiger partial charge in [0.1, 0.15) is 5.82 Å².